The molecule has 0 aliphatic rings. The van der Waals surface area contributed by atoms with Crippen LogP contribution >= 0.6 is 11.8 Å². The van der Waals surface area contributed by atoms with Gasteiger partial charge in [-0.2, -0.15) is 0 Å². The lowest BCUT2D eigenvalue weighted by Gasteiger charge is -2.18. The number of anilines is 1. The van der Waals surface area contributed by atoms with Gasteiger partial charge in [-0.3, -0.25) is 28.5 Å². The number of fused-ring (bicyclic) bond motifs is 1. The molecule has 0 spiro atoms. The number of thioether (sulfide) groups is 1. The third kappa shape index (κ3) is 3.75. The van der Waals surface area contributed by atoms with E-state index in [4.69, 9.17) is 5.73 Å². The molecule has 29 heavy (non-hydrogen) atoms. The highest BCUT2D eigenvalue weighted by molar-refractivity contribution is 7.99. The highest BCUT2D eigenvalue weighted by atomic mass is 32.2. The van der Waals surface area contributed by atoms with Gasteiger partial charge in [-0.15, -0.1) is 0 Å². The number of hydrogen-bond donors (Lipinski definition) is 2. The van der Waals surface area contributed by atoms with Crippen LogP contribution in [0.25, 0.3) is 10.9 Å². The smallest absolute Gasteiger partial charge is 0.329 e. The second kappa shape index (κ2) is 8.08. The standard InChI is InChI=1S/C19H21N5O4S/c1-4-10(2)24-17(27)11-7-5-6-8-12(11)21-19(24)29-9-13(25)14-15(20)23(3)18(28)22-16(14)26/h5-8,10H,4,9,20H2,1-3H3,(H,22,26,28)/t10-/m0/s1. The summed E-state index contributed by atoms with van der Waals surface area (Å²) in [5, 5.41) is 0.887. The number of nitrogens with one attached hydrogen (secondary N) is 1. The number of Topliss-reactive ketones (excluding diaryl/α,β-unsaturated/α-hetero) is 1. The lowest BCUT2D eigenvalue weighted by molar-refractivity contribution is 0.102. The summed E-state index contributed by atoms with van der Waals surface area (Å²) in [6.07, 6.45) is 0.703. The predicted octanol–water partition coefficient (Wildman–Crippen LogP) is 1.31. The largest absolute Gasteiger partial charge is 0.384 e. The molecule has 0 bridgehead atoms. The fourth-order valence-electron chi connectivity index (χ4n) is 2.91. The van der Waals surface area contributed by atoms with Gasteiger partial charge in [0.25, 0.3) is 11.1 Å². The molecular formula is C19H21N5O4S. The van der Waals surface area contributed by atoms with Crippen molar-refractivity contribution >= 4 is 34.3 Å². The molecule has 3 N–H and O–H groups in total. The highest BCUT2D eigenvalue weighted by Gasteiger charge is 2.21. The maximum atomic E-state index is 13.0. The van der Waals surface area contributed by atoms with E-state index in [-0.39, 0.29) is 28.7 Å². The summed E-state index contributed by atoms with van der Waals surface area (Å²) in [6, 6.07) is 6.89. The van der Waals surface area contributed by atoms with Crippen LogP contribution in [0.15, 0.2) is 43.8 Å². The van der Waals surface area contributed by atoms with Crippen LogP contribution < -0.4 is 22.5 Å². The van der Waals surface area contributed by atoms with Gasteiger partial charge in [-0.1, -0.05) is 30.8 Å². The van der Waals surface area contributed by atoms with Gasteiger partial charge in [-0.05, 0) is 25.5 Å². The Morgan fingerprint density at radius 1 is 1.28 bits per heavy atom. The van der Waals surface area contributed by atoms with E-state index in [1.54, 1.807) is 28.8 Å². The number of nitrogens with two attached hydrogens (primary N) is 1. The van der Waals surface area contributed by atoms with Crippen molar-refractivity contribution < 1.29 is 4.79 Å². The molecule has 152 valence electrons. The van der Waals surface area contributed by atoms with E-state index in [1.807, 2.05) is 13.8 Å². The Balaban J connectivity index is 2.02. The van der Waals surface area contributed by atoms with Gasteiger partial charge < -0.3 is 5.73 Å². The molecule has 0 saturated heterocycles. The van der Waals surface area contributed by atoms with Crippen LogP contribution in [0.2, 0.25) is 0 Å². The molecule has 0 amide bonds. The zero-order valence-corrected chi connectivity index (χ0v) is 17.1. The van der Waals surface area contributed by atoms with Crippen LogP contribution in [0.3, 0.4) is 0 Å². The fraction of sp³-hybridized carbons (Fsp3) is 0.316. The minimum atomic E-state index is -0.831. The SMILES string of the molecule is CC[C@H](C)n1c(SCC(=O)c2c(N)n(C)c(=O)[nH]c2=O)nc2ccccc2c1=O. The Morgan fingerprint density at radius 2 is 1.97 bits per heavy atom. The molecule has 2 aromatic heterocycles. The normalized spacial score (nSPS) is 12.2. The number of nitrogens with zero attached hydrogens (tertiary/aromatic N) is 3. The Labute approximate surface area is 169 Å². The summed E-state index contributed by atoms with van der Waals surface area (Å²) in [7, 11) is 1.36. The Kier molecular flexibility index (Phi) is 5.73. The van der Waals surface area contributed by atoms with Crippen LogP contribution in [0.4, 0.5) is 5.82 Å². The maximum Gasteiger partial charge on any atom is 0.329 e. The first-order valence-corrected chi connectivity index (χ1v) is 10.0. The molecule has 3 aromatic rings. The zero-order valence-electron chi connectivity index (χ0n) is 16.3. The van der Waals surface area contributed by atoms with Gasteiger partial charge in [-0.25, -0.2) is 9.78 Å². The Bertz CT molecular complexity index is 1270. The van der Waals surface area contributed by atoms with Crippen LogP contribution in [-0.4, -0.2) is 30.6 Å². The van der Waals surface area contributed by atoms with E-state index in [0.29, 0.717) is 22.5 Å². The van der Waals surface area contributed by atoms with Crippen molar-refractivity contribution in [2.45, 2.75) is 31.5 Å². The first kappa shape index (κ1) is 20.6. The lowest BCUT2D eigenvalue weighted by atomic mass is 10.2. The number of aromatic amines is 1. The molecule has 10 heteroatoms. The third-order valence-corrected chi connectivity index (χ3v) is 5.74. The van der Waals surface area contributed by atoms with E-state index < -0.39 is 17.0 Å². The van der Waals surface area contributed by atoms with Crippen molar-refractivity contribution in [3.05, 3.63) is 61.0 Å². The quantitative estimate of drug-likeness (QED) is 0.352. The molecular weight excluding hydrogens is 394 g/mol. The number of carbonyl (C=O) groups is 1. The molecule has 1 aromatic carbocycles. The van der Waals surface area contributed by atoms with Gasteiger partial charge in [0.15, 0.2) is 10.9 Å². The van der Waals surface area contributed by atoms with Crippen molar-refractivity contribution in [3.63, 3.8) is 0 Å². The number of ketones is 1. The van der Waals surface area contributed by atoms with Crippen LogP contribution in [0.1, 0.15) is 36.7 Å². The summed E-state index contributed by atoms with van der Waals surface area (Å²) in [4.78, 5) is 55.9. The molecule has 2 heterocycles. The minimum Gasteiger partial charge on any atom is -0.384 e. The van der Waals surface area contributed by atoms with E-state index in [9.17, 15) is 19.2 Å². The minimum absolute atomic E-state index is 0.122. The van der Waals surface area contributed by atoms with Gasteiger partial charge >= 0.3 is 5.69 Å². The van der Waals surface area contributed by atoms with Gasteiger partial charge in [0, 0.05) is 13.1 Å². The number of rotatable bonds is 6. The van der Waals surface area contributed by atoms with E-state index in [2.05, 4.69) is 9.97 Å². The Hall–Kier alpha value is -3.14. The highest BCUT2D eigenvalue weighted by Crippen LogP contribution is 2.23. The monoisotopic (exact) mass is 415 g/mol. The van der Waals surface area contributed by atoms with Crippen molar-refractivity contribution in [2.75, 3.05) is 11.5 Å². The first-order valence-electron chi connectivity index (χ1n) is 9.02. The van der Waals surface area contributed by atoms with Crippen LogP contribution in [0, 0.1) is 0 Å². The topological polar surface area (TPSA) is 133 Å². The first-order chi connectivity index (χ1) is 13.8. The van der Waals surface area contributed by atoms with E-state index >= 15 is 0 Å². The number of carbonyl (C=O) groups excluding carboxylic acids is 1. The van der Waals surface area contributed by atoms with Crippen molar-refractivity contribution in [2.24, 2.45) is 7.05 Å². The molecule has 0 radical (unpaired) electrons. The number of nitrogen functional groups attached to an aromatic ring is 1. The summed E-state index contributed by atoms with van der Waals surface area (Å²) in [6.45, 7) is 3.86. The lowest BCUT2D eigenvalue weighted by Crippen LogP contribution is -2.35. The molecule has 0 aliphatic heterocycles. The van der Waals surface area contributed by atoms with Crippen LogP contribution in [-0.2, 0) is 7.05 Å². The molecule has 9 nitrogen and oxygen atoms in total. The van der Waals surface area contributed by atoms with Gasteiger partial charge in [0.1, 0.15) is 11.4 Å². The van der Waals surface area contributed by atoms with Crippen LogP contribution in [0.5, 0.6) is 0 Å². The number of benzene rings is 1. The number of hydrogen-bond acceptors (Lipinski definition) is 7. The van der Waals surface area contributed by atoms with E-state index in [0.717, 1.165) is 16.3 Å². The Morgan fingerprint density at radius 3 is 2.66 bits per heavy atom. The molecule has 0 saturated carbocycles. The second-order valence-electron chi connectivity index (χ2n) is 6.63. The summed E-state index contributed by atoms with van der Waals surface area (Å²) < 4.78 is 2.57. The van der Waals surface area contributed by atoms with E-state index in [1.165, 1.54) is 7.05 Å². The fourth-order valence-corrected chi connectivity index (χ4v) is 3.88. The molecule has 0 fully saturated rings. The van der Waals surface area contributed by atoms with Crippen molar-refractivity contribution in [1.29, 1.82) is 0 Å². The van der Waals surface area contributed by atoms with Gasteiger partial charge in [0.2, 0.25) is 0 Å². The molecule has 1 atom stereocenters. The average Bonchev–Trinajstić information content (AvgIpc) is 2.70. The molecule has 0 aliphatic carbocycles. The number of para-hydroxylation sites is 1. The third-order valence-electron chi connectivity index (χ3n) is 4.79. The van der Waals surface area contributed by atoms with Crippen molar-refractivity contribution in [3.8, 4) is 0 Å². The van der Waals surface area contributed by atoms with Crippen molar-refractivity contribution in [1.82, 2.24) is 19.1 Å². The summed E-state index contributed by atoms with van der Waals surface area (Å²) in [5.41, 5.74) is 4.34. The number of H-pyrrole nitrogens is 1. The number of aromatic nitrogens is 4. The summed E-state index contributed by atoms with van der Waals surface area (Å²) in [5.74, 6) is -0.912. The summed E-state index contributed by atoms with van der Waals surface area (Å²) >= 11 is 1.06. The van der Waals surface area contributed by atoms with Gasteiger partial charge in [0.05, 0.1) is 16.7 Å². The second-order valence-corrected chi connectivity index (χ2v) is 7.58. The average molecular weight is 415 g/mol. The predicted molar refractivity (Wildman–Crippen MR) is 113 cm³/mol. The molecule has 0 unspecified atom stereocenters. The maximum absolute atomic E-state index is 13.0. The molecule has 3 rings (SSSR count). The zero-order chi connectivity index (χ0) is 21.3.